The van der Waals surface area contributed by atoms with Crippen molar-refractivity contribution in [3.05, 3.63) is 46.8 Å². The van der Waals surface area contributed by atoms with Crippen molar-refractivity contribution >= 4 is 5.91 Å². The maximum atomic E-state index is 11.8. The van der Waals surface area contributed by atoms with Gasteiger partial charge in [0.1, 0.15) is 18.1 Å². The summed E-state index contributed by atoms with van der Waals surface area (Å²) >= 11 is 0. The molecule has 1 amide bonds. The van der Waals surface area contributed by atoms with Crippen LogP contribution in [0.1, 0.15) is 35.4 Å². The number of ether oxygens (including phenoxy) is 1. The number of unbranched alkanes of at least 4 members (excludes halogenated alkanes) is 1. The van der Waals surface area contributed by atoms with Crippen LogP contribution in [0.3, 0.4) is 0 Å². The molecular weight excluding hydrogens is 306 g/mol. The van der Waals surface area contributed by atoms with E-state index >= 15 is 0 Å². The molecule has 0 saturated carbocycles. The fourth-order valence-electron chi connectivity index (χ4n) is 2.31. The molecule has 0 aliphatic rings. The van der Waals surface area contributed by atoms with Crippen LogP contribution >= 0.6 is 0 Å². The molecule has 1 heterocycles. The molecule has 2 rings (SSSR count). The average molecular weight is 331 g/mol. The van der Waals surface area contributed by atoms with Crippen LogP contribution in [0.15, 0.2) is 28.8 Å². The Morgan fingerprint density at radius 2 is 2.00 bits per heavy atom. The summed E-state index contributed by atoms with van der Waals surface area (Å²) in [6.45, 7) is 5.51. The van der Waals surface area contributed by atoms with Gasteiger partial charge >= 0.3 is 0 Å². The lowest BCUT2D eigenvalue weighted by Gasteiger charge is -2.08. The van der Waals surface area contributed by atoms with Crippen molar-refractivity contribution in [3.63, 3.8) is 0 Å². The predicted octanol–water partition coefficient (Wildman–Crippen LogP) is 2.27. The van der Waals surface area contributed by atoms with Crippen molar-refractivity contribution < 1.29 is 14.1 Å². The molecule has 1 aromatic carbocycles. The van der Waals surface area contributed by atoms with E-state index in [4.69, 9.17) is 15.0 Å². The Kier molecular flexibility index (Phi) is 6.81. The molecular formula is C18H25N3O3. The lowest BCUT2D eigenvalue weighted by Crippen LogP contribution is -2.26. The quantitative estimate of drug-likeness (QED) is 0.688. The van der Waals surface area contributed by atoms with Crippen molar-refractivity contribution in [1.29, 1.82) is 0 Å². The zero-order valence-electron chi connectivity index (χ0n) is 14.3. The Morgan fingerprint density at radius 3 is 2.62 bits per heavy atom. The van der Waals surface area contributed by atoms with E-state index < -0.39 is 0 Å². The lowest BCUT2D eigenvalue weighted by atomic mass is 10.1. The third kappa shape index (κ3) is 5.38. The van der Waals surface area contributed by atoms with E-state index in [1.807, 2.05) is 38.1 Å². The highest BCUT2D eigenvalue weighted by Crippen LogP contribution is 2.18. The molecule has 0 aliphatic carbocycles. The van der Waals surface area contributed by atoms with Crippen LogP contribution in [-0.4, -0.2) is 24.2 Å². The number of nitrogens with two attached hydrogens (primary N) is 1. The van der Waals surface area contributed by atoms with Gasteiger partial charge in [-0.3, -0.25) is 4.79 Å². The van der Waals surface area contributed by atoms with Crippen LogP contribution in [-0.2, 0) is 17.8 Å². The molecule has 0 radical (unpaired) electrons. The normalized spacial score (nSPS) is 10.6. The number of benzene rings is 1. The van der Waals surface area contributed by atoms with Gasteiger partial charge < -0.3 is 20.3 Å². The van der Waals surface area contributed by atoms with Crippen LogP contribution in [0.2, 0.25) is 0 Å². The topological polar surface area (TPSA) is 90.4 Å². The molecule has 2 aromatic rings. The molecule has 130 valence electrons. The molecule has 0 aliphatic heterocycles. The van der Waals surface area contributed by atoms with Crippen molar-refractivity contribution in [2.24, 2.45) is 5.73 Å². The third-order valence-electron chi connectivity index (χ3n) is 3.81. The number of rotatable bonds is 9. The number of amides is 1. The molecule has 1 aromatic heterocycles. The van der Waals surface area contributed by atoms with Gasteiger partial charge in [-0.05, 0) is 50.9 Å². The molecule has 0 bridgehead atoms. The number of aromatic nitrogens is 1. The number of carbonyl (C=O) groups excluding carboxylic acids is 1. The van der Waals surface area contributed by atoms with Gasteiger partial charge in [0.2, 0.25) is 5.91 Å². The van der Waals surface area contributed by atoms with Crippen LogP contribution in [0, 0.1) is 13.8 Å². The van der Waals surface area contributed by atoms with Gasteiger partial charge in [0.05, 0.1) is 17.7 Å². The van der Waals surface area contributed by atoms with Crippen molar-refractivity contribution in [3.8, 4) is 5.75 Å². The van der Waals surface area contributed by atoms with Gasteiger partial charge in [-0.15, -0.1) is 0 Å². The van der Waals surface area contributed by atoms with Crippen molar-refractivity contribution in [1.82, 2.24) is 10.5 Å². The highest BCUT2D eigenvalue weighted by molar-refractivity contribution is 5.78. The van der Waals surface area contributed by atoms with Crippen LogP contribution < -0.4 is 15.8 Å². The van der Waals surface area contributed by atoms with Crippen LogP contribution in [0.4, 0.5) is 0 Å². The largest absolute Gasteiger partial charge is 0.489 e. The first-order valence-electron chi connectivity index (χ1n) is 8.20. The van der Waals surface area contributed by atoms with E-state index in [9.17, 15) is 4.79 Å². The minimum absolute atomic E-state index is 0.0245. The van der Waals surface area contributed by atoms with E-state index in [2.05, 4.69) is 10.5 Å². The molecule has 6 nitrogen and oxygen atoms in total. The van der Waals surface area contributed by atoms with E-state index in [-0.39, 0.29) is 5.91 Å². The van der Waals surface area contributed by atoms with Gasteiger partial charge in [0, 0.05) is 6.54 Å². The third-order valence-corrected chi connectivity index (χ3v) is 3.81. The van der Waals surface area contributed by atoms with Gasteiger partial charge in [-0.25, -0.2) is 0 Å². The molecule has 0 fully saturated rings. The average Bonchev–Trinajstić information content (AvgIpc) is 2.89. The SMILES string of the molecule is Cc1noc(C)c1COc1ccc(CC(=O)NCCCCN)cc1. The second-order valence-electron chi connectivity index (χ2n) is 5.76. The highest BCUT2D eigenvalue weighted by atomic mass is 16.5. The molecule has 0 unspecified atom stereocenters. The Hall–Kier alpha value is -2.34. The van der Waals surface area contributed by atoms with Gasteiger partial charge in [-0.2, -0.15) is 0 Å². The second kappa shape index (κ2) is 9.08. The first kappa shape index (κ1) is 18.0. The van der Waals surface area contributed by atoms with Gasteiger partial charge in [-0.1, -0.05) is 17.3 Å². The summed E-state index contributed by atoms with van der Waals surface area (Å²) in [4.78, 5) is 11.8. The second-order valence-corrected chi connectivity index (χ2v) is 5.76. The number of hydrogen-bond donors (Lipinski definition) is 2. The molecule has 0 atom stereocenters. The minimum atomic E-state index is 0.0245. The lowest BCUT2D eigenvalue weighted by molar-refractivity contribution is -0.120. The number of aryl methyl sites for hydroxylation is 2. The molecule has 6 heteroatoms. The summed E-state index contributed by atoms with van der Waals surface area (Å²) < 4.78 is 10.9. The van der Waals surface area contributed by atoms with Crippen LogP contribution in [0.25, 0.3) is 0 Å². The number of nitrogens with zero attached hydrogens (tertiary/aromatic N) is 1. The summed E-state index contributed by atoms with van der Waals surface area (Å²) in [5, 5.41) is 6.80. The monoisotopic (exact) mass is 331 g/mol. The Morgan fingerprint density at radius 1 is 1.25 bits per heavy atom. The maximum absolute atomic E-state index is 11.8. The smallest absolute Gasteiger partial charge is 0.224 e. The molecule has 24 heavy (non-hydrogen) atoms. The van der Waals surface area contributed by atoms with Gasteiger partial charge in [0.25, 0.3) is 0 Å². The summed E-state index contributed by atoms with van der Waals surface area (Å²) in [7, 11) is 0. The molecule has 3 N–H and O–H groups in total. The zero-order chi connectivity index (χ0) is 17.4. The zero-order valence-corrected chi connectivity index (χ0v) is 14.3. The Labute approximate surface area is 142 Å². The molecule has 0 saturated heterocycles. The van der Waals surface area contributed by atoms with Crippen molar-refractivity contribution in [2.45, 2.75) is 39.7 Å². The summed E-state index contributed by atoms with van der Waals surface area (Å²) in [5.74, 6) is 1.55. The minimum Gasteiger partial charge on any atom is -0.489 e. The first-order valence-corrected chi connectivity index (χ1v) is 8.20. The standard InChI is InChI=1S/C18H25N3O3/c1-13-17(14(2)24-21-13)12-23-16-7-5-15(6-8-16)11-18(22)20-10-4-3-9-19/h5-8H,3-4,9-12,19H2,1-2H3,(H,20,22). The maximum Gasteiger partial charge on any atom is 0.224 e. The Balaban J connectivity index is 1.79. The Bertz CT molecular complexity index is 631. The van der Waals surface area contributed by atoms with E-state index in [0.717, 1.165) is 41.2 Å². The van der Waals surface area contributed by atoms with E-state index in [0.29, 0.717) is 26.1 Å². The predicted molar refractivity (Wildman–Crippen MR) is 91.8 cm³/mol. The summed E-state index contributed by atoms with van der Waals surface area (Å²) in [6, 6.07) is 7.55. The van der Waals surface area contributed by atoms with Crippen LogP contribution in [0.5, 0.6) is 5.75 Å². The number of hydrogen-bond acceptors (Lipinski definition) is 5. The first-order chi connectivity index (χ1) is 11.6. The highest BCUT2D eigenvalue weighted by Gasteiger charge is 2.09. The van der Waals surface area contributed by atoms with E-state index in [1.54, 1.807) is 0 Å². The van der Waals surface area contributed by atoms with Crippen molar-refractivity contribution in [2.75, 3.05) is 13.1 Å². The number of carbonyl (C=O) groups is 1. The van der Waals surface area contributed by atoms with Gasteiger partial charge in [0.15, 0.2) is 0 Å². The van der Waals surface area contributed by atoms with E-state index in [1.165, 1.54) is 0 Å². The summed E-state index contributed by atoms with van der Waals surface area (Å²) in [5.41, 5.74) is 8.19. The molecule has 0 spiro atoms. The fourth-order valence-corrected chi connectivity index (χ4v) is 2.31. The number of nitrogens with one attached hydrogen (secondary N) is 1. The summed E-state index contributed by atoms with van der Waals surface area (Å²) in [6.07, 6.45) is 2.21. The fraction of sp³-hybridized carbons (Fsp3) is 0.444.